The Morgan fingerprint density at radius 2 is 1.65 bits per heavy atom. The Morgan fingerprint density at radius 3 is 2.19 bits per heavy atom. The molecule has 0 saturated carbocycles. The minimum Gasteiger partial charge on any atom is -0.491 e. The van der Waals surface area contributed by atoms with Gasteiger partial charge in [0.15, 0.2) is 0 Å². The van der Waals surface area contributed by atoms with Crippen LogP contribution in [0.5, 0.6) is 5.75 Å². The topological polar surface area (TPSA) is 58.6 Å². The quantitative estimate of drug-likeness (QED) is 0.812. The van der Waals surface area contributed by atoms with Crippen LogP contribution >= 0.6 is 0 Å². The molecule has 0 aliphatic rings. The number of hydrogen-bond donors (Lipinski definition) is 1. The molecule has 0 aliphatic heterocycles. The number of rotatable bonds is 7. The molecule has 0 heterocycles. The van der Waals surface area contributed by atoms with Crippen molar-refractivity contribution in [3.8, 4) is 5.75 Å². The van der Waals surface area contributed by atoms with Crippen LogP contribution in [-0.4, -0.2) is 24.5 Å². The smallest absolute Gasteiger partial charge is 0.226 e. The molecule has 0 aliphatic carbocycles. The van der Waals surface area contributed by atoms with E-state index in [4.69, 9.17) is 4.74 Å². The van der Waals surface area contributed by atoms with Crippen molar-refractivity contribution in [1.29, 1.82) is 0 Å². The molecular formula is C21H26N2O3. The van der Waals surface area contributed by atoms with E-state index in [-0.39, 0.29) is 24.3 Å². The van der Waals surface area contributed by atoms with Gasteiger partial charge < -0.3 is 15.0 Å². The fourth-order valence-corrected chi connectivity index (χ4v) is 2.52. The fraction of sp³-hybridized carbons (Fsp3) is 0.333. The van der Waals surface area contributed by atoms with Crippen molar-refractivity contribution >= 4 is 23.2 Å². The van der Waals surface area contributed by atoms with Crippen LogP contribution in [0.25, 0.3) is 0 Å². The van der Waals surface area contributed by atoms with Crippen LogP contribution in [-0.2, 0) is 9.59 Å². The molecule has 2 rings (SSSR count). The number of carbonyl (C=O) groups is 2. The summed E-state index contributed by atoms with van der Waals surface area (Å²) < 4.78 is 5.58. The molecule has 0 atom stereocenters. The van der Waals surface area contributed by atoms with Crippen molar-refractivity contribution in [2.24, 2.45) is 0 Å². The van der Waals surface area contributed by atoms with Gasteiger partial charge >= 0.3 is 0 Å². The van der Waals surface area contributed by atoms with Crippen LogP contribution in [0.2, 0.25) is 0 Å². The number of hydrogen-bond acceptors (Lipinski definition) is 3. The van der Waals surface area contributed by atoms with Crippen molar-refractivity contribution in [2.45, 2.75) is 40.2 Å². The third kappa shape index (κ3) is 5.92. The van der Waals surface area contributed by atoms with Crippen LogP contribution < -0.4 is 15.0 Å². The van der Waals surface area contributed by atoms with Crippen molar-refractivity contribution < 1.29 is 14.3 Å². The maximum atomic E-state index is 12.2. The lowest BCUT2D eigenvalue weighted by Crippen LogP contribution is -2.31. The van der Waals surface area contributed by atoms with Gasteiger partial charge in [-0.2, -0.15) is 0 Å². The van der Waals surface area contributed by atoms with Crippen LogP contribution in [0.3, 0.4) is 0 Å². The highest BCUT2D eigenvalue weighted by Crippen LogP contribution is 2.18. The van der Waals surface area contributed by atoms with Crippen molar-refractivity contribution in [3.63, 3.8) is 0 Å². The summed E-state index contributed by atoms with van der Waals surface area (Å²) in [4.78, 5) is 25.7. The summed E-state index contributed by atoms with van der Waals surface area (Å²) in [5.41, 5.74) is 2.63. The molecule has 0 bridgehead atoms. The lowest BCUT2D eigenvalue weighted by molar-refractivity contribution is -0.117. The first-order valence-electron chi connectivity index (χ1n) is 8.76. The lowest BCUT2D eigenvalue weighted by Gasteiger charge is -2.21. The van der Waals surface area contributed by atoms with Crippen LogP contribution in [0, 0.1) is 6.92 Å². The molecule has 0 saturated heterocycles. The summed E-state index contributed by atoms with van der Waals surface area (Å²) in [6.07, 6.45) is 0.326. The Hall–Kier alpha value is -2.82. The number of amides is 2. The number of benzene rings is 2. The lowest BCUT2D eigenvalue weighted by atomic mass is 10.2. The van der Waals surface area contributed by atoms with Gasteiger partial charge in [0.1, 0.15) is 5.75 Å². The van der Waals surface area contributed by atoms with Crippen molar-refractivity contribution in [1.82, 2.24) is 0 Å². The molecule has 0 aromatic heterocycles. The normalized spacial score (nSPS) is 10.5. The standard InChI is InChI=1S/C21H26N2O3/c1-15(2)26-20-11-7-18(8-12-20)22-21(25)13-14-23(17(4)24)19-9-5-16(3)6-10-19/h5-12,15H,13-14H2,1-4H3,(H,22,25). The van der Waals surface area contributed by atoms with Crippen LogP contribution in [0.4, 0.5) is 11.4 Å². The molecule has 2 aromatic rings. The van der Waals surface area contributed by atoms with Gasteiger partial charge in [0.25, 0.3) is 0 Å². The molecular weight excluding hydrogens is 328 g/mol. The molecule has 0 unspecified atom stereocenters. The molecule has 1 N–H and O–H groups in total. The van der Waals surface area contributed by atoms with Gasteiger partial charge in [0, 0.05) is 31.3 Å². The van der Waals surface area contributed by atoms with E-state index >= 15 is 0 Å². The predicted molar refractivity (Wildman–Crippen MR) is 105 cm³/mol. The number of anilines is 2. The summed E-state index contributed by atoms with van der Waals surface area (Å²) in [7, 11) is 0. The Bertz CT molecular complexity index is 737. The molecule has 0 fully saturated rings. The monoisotopic (exact) mass is 354 g/mol. The molecule has 26 heavy (non-hydrogen) atoms. The average Bonchev–Trinajstić information content (AvgIpc) is 2.57. The van der Waals surface area contributed by atoms with Crippen molar-refractivity contribution in [2.75, 3.05) is 16.8 Å². The maximum absolute atomic E-state index is 12.2. The summed E-state index contributed by atoms with van der Waals surface area (Å²) in [5.74, 6) is 0.540. The van der Waals surface area contributed by atoms with Crippen LogP contribution in [0.15, 0.2) is 48.5 Å². The van der Waals surface area contributed by atoms with Gasteiger partial charge in [-0.25, -0.2) is 0 Å². The van der Waals surface area contributed by atoms with E-state index in [9.17, 15) is 9.59 Å². The third-order valence-electron chi connectivity index (χ3n) is 3.80. The first-order valence-corrected chi connectivity index (χ1v) is 8.76. The largest absolute Gasteiger partial charge is 0.491 e. The maximum Gasteiger partial charge on any atom is 0.226 e. The second kappa shape index (κ2) is 9.04. The summed E-state index contributed by atoms with van der Waals surface area (Å²) >= 11 is 0. The van der Waals surface area contributed by atoms with Gasteiger partial charge in [-0.1, -0.05) is 17.7 Å². The van der Waals surface area contributed by atoms with E-state index in [1.54, 1.807) is 17.0 Å². The van der Waals surface area contributed by atoms with E-state index in [0.717, 1.165) is 17.0 Å². The zero-order chi connectivity index (χ0) is 19.1. The Balaban J connectivity index is 1.91. The van der Waals surface area contributed by atoms with Gasteiger partial charge in [-0.3, -0.25) is 9.59 Å². The predicted octanol–water partition coefficient (Wildman–Crippen LogP) is 4.16. The van der Waals surface area contributed by atoms with Gasteiger partial charge in [-0.05, 0) is 57.2 Å². The van der Waals surface area contributed by atoms with E-state index in [2.05, 4.69) is 5.32 Å². The van der Waals surface area contributed by atoms with E-state index in [1.807, 2.05) is 57.2 Å². The highest BCUT2D eigenvalue weighted by atomic mass is 16.5. The Labute approximate surface area is 155 Å². The highest BCUT2D eigenvalue weighted by Gasteiger charge is 2.13. The molecule has 5 heteroatoms. The number of nitrogens with zero attached hydrogens (tertiary/aromatic N) is 1. The van der Waals surface area contributed by atoms with E-state index in [1.165, 1.54) is 6.92 Å². The number of ether oxygens (including phenoxy) is 1. The van der Waals surface area contributed by atoms with E-state index < -0.39 is 0 Å². The Kier molecular flexibility index (Phi) is 6.78. The SMILES string of the molecule is CC(=O)N(CCC(=O)Nc1ccc(OC(C)C)cc1)c1ccc(C)cc1. The minimum atomic E-state index is -0.138. The second-order valence-corrected chi connectivity index (χ2v) is 6.50. The highest BCUT2D eigenvalue weighted by molar-refractivity contribution is 5.94. The second-order valence-electron chi connectivity index (χ2n) is 6.50. The summed E-state index contributed by atoms with van der Waals surface area (Å²) in [6.45, 7) is 7.76. The Morgan fingerprint density at radius 1 is 1.04 bits per heavy atom. The fourth-order valence-electron chi connectivity index (χ4n) is 2.52. The molecule has 2 amide bonds. The van der Waals surface area contributed by atoms with Gasteiger partial charge in [0.05, 0.1) is 6.10 Å². The molecule has 0 radical (unpaired) electrons. The third-order valence-corrected chi connectivity index (χ3v) is 3.80. The summed E-state index contributed by atoms with van der Waals surface area (Å²) in [5, 5.41) is 2.84. The first-order chi connectivity index (χ1) is 12.3. The molecule has 138 valence electrons. The summed E-state index contributed by atoms with van der Waals surface area (Å²) in [6, 6.07) is 14.9. The molecule has 2 aromatic carbocycles. The number of aryl methyl sites for hydroxylation is 1. The average molecular weight is 354 g/mol. The van der Waals surface area contributed by atoms with Crippen LogP contribution in [0.1, 0.15) is 32.8 Å². The van der Waals surface area contributed by atoms with Crippen molar-refractivity contribution in [3.05, 3.63) is 54.1 Å². The minimum absolute atomic E-state index is 0.0863. The van der Waals surface area contributed by atoms with E-state index in [0.29, 0.717) is 12.2 Å². The zero-order valence-electron chi connectivity index (χ0n) is 15.8. The zero-order valence-corrected chi connectivity index (χ0v) is 15.8. The molecule has 0 spiro atoms. The number of nitrogens with one attached hydrogen (secondary N) is 1. The van der Waals surface area contributed by atoms with Gasteiger partial charge in [0.2, 0.25) is 11.8 Å². The van der Waals surface area contributed by atoms with Gasteiger partial charge in [-0.15, -0.1) is 0 Å². The number of carbonyl (C=O) groups excluding carboxylic acids is 2. The molecule has 5 nitrogen and oxygen atoms in total. The first kappa shape index (κ1) is 19.5.